The van der Waals surface area contributed by atoms with Crippen LogP contribution in [0.15, 0.2) is 0 Å². The van der Waals surface area contributed by atoms with Crippen molar-refractivity contribution in [2.45, 2.75) is 97.4 Å². The molecule has 0 aromatic rings. The molecule has 4 rings (SSSR count). The van der Waals surface area contributed by atoms with Crippen LogP contribution in [0.2, 0.25) is 0 Å². The molecule has 1 N–H and O–H groups in total. The van der Waals surface area contributed by atoms with E-state index in [1.54, 1.807) is 0 Å². The van der Waals surface area contributed by atoms with E-state index in [4.69, 9.17) is 9.47 Å². The van der Waals surface area contributed by atoms with Crippen molar-refractivity contribution in [3.8, 4) is 0 Å². The van der Waals surface area contributed by atoms with E-state index in [9.17, 15) is 14.7 Å². The van der Waals surface area contributed by atoms with Gasteiger partial charge >= 0.3 is 11.9 Å². The Balaban J connectivity index is 1.64. The number of carbonyl (C=O) groups excluding carboxylic acids is 2. The molecule has 0 aliphatic heterocycles. The van der Waals surface area contributed by atoms with Crippen molar-refractivity contribution in [2.75, 3.05) is 0 Å². The molecule has 4 aliphatic carbocycles. The summed E-state index contributed by atoms with van der Waals surface area (Å²) in [5, 5.41) is 12.0. The average Bonchev–Trinajstić information content (AvgIpc) is 2.99. The third kappa shape index (κ3) is 2.60. The Morgan fingerprint density at radius 1 is 0.929 bits per heavy atom. The van der Waals surface area contributed by atoms with E-state index in [0.29, 0.717) is 24.2 Å². The molecule has 5 heteroatoms. The van der Waals surface area contributed by atoms with Crippen LogP contribution in [-0.4, -0.2) is 34.9 Å². The predicted octanol–water partition coefficient (Wildman–Crippen LogP) is 3.86. The lowest BCUT2D eigenvalue weighted by atomic mass is 9.55. The van der Waals surface area contributed by atoms with E-state index in [1.165, 1.54) is 13.8 Å². The van der Waals surface area contributed by atoms with Gasteiger partial charge in [-0.3, -0.25) is 9.59 Å². The molecule has 0 aromatic heterocycles. The van der Waals surface area contributed by atoms with Crippen LogP contribution in [0.5, 0.6) is 0 Å². The number of aliphatic hydroxyl groups is 1. The summed E-state index contributed by atoms with van der Waals surface area (Å²) in [6.07, 6.45) is 6.26. The molecule has 4 aliphatic rings. The standard InChI is InChI=1S/C23H36O5/c1-13-20-17-6-7-19(28-15(3)25)21(17,4)10-9-18(20)22(5)11-8-16(27-14(2)24)12-23(13,22)26/h13,16-20,26H,6-12H2,1-5H3/t13-,16+,17-,18-,19-,20-,21+,22+,23-/m0/s1. The van der Waals surface area contributed by atoms with Crippen molar-refractivity contribution in [3.05, 3.63) is 0 Å². The quantitative estimate of drug-likeness (QED) is 0.723. The number of rotatable bonds is 2. The van der Waals surface area contributed by atoms with Crippen LogP contribution < -0.4 is 0 Å². The fraction of sp³-hybridized carbons (Fsp3) is 0.913. The van der Waals surface area contributed by atoms with Crippen LogP contribution in [0.3, 0.4) is 0 Å². The number of fused-ring (bicyclic) bond motifs is 5. The Morgan fingerprint density at radius 2 is 1.61 bits per heavy atom. The second kappa shape index (κ2) is 6.45. The van der Waals surface area contributed by atoms with Gasteiger partial charge < -0.3 is 14.6 Å². The SMILES string of the molecule is CC(=O)O[C@@H]1CC[C@]2(C)[C@H]3CC[C@@]4(C)[C@@H](OC(C)=O)CC[C@H]4[C@@H]3[C@H](C)[C@@]2(O)C1. The normalized spacial score (nSPS) is 52.4. The summed E-state index contributed by atoms with van der Waals surface area (Å²) in [5.74, 6) is 1.11. The summed E-state index contributed by atoms with van der Waals surface area (Å²) in [6.45, 7) is 9.75. The first-order chi connectivity index (χ1) is 13.0. The second-order valence-electron chi connectivity index (χ2n) is 10.6. The van der Waals surface area contributed by atoms with Gasteiger partial charge in [0.25, 0.3) is 0 Å². The van der Waals surface area contributed by atoms with Crippen molar-refractivity contribution in [2.24, 2.45) is 34.5 Å². The first-order valence-corrected chi connectivity index (χ1v) is 11.1. The van der Waals surface area contributed by atoms with E-state index in [-0.39, 0.29) is 40.9 Å². The van der Waals surface area contributed by atoms with Crippen LogP contribution >= 0.6 is 0 Å². The zero-order valence-corrected chi connectivity index (χ0v) is 18.0. The van der Waals surface area contributed by atoms with Crippen molar-refractivity contribution in [1.82, 2.24) is 0 Å². The van der Waals surface area contributed by atoms with Crippen molar-refractivity contribution >= 4 is 11.9 Å². The van der Waals surface area contributed by atoms with Gasteiger partial charge in [0.2, 0.25) is 0 Å². The van der Waals surface area contributed by atoms with Crippen molar-refractivity contribution < 1.29 is 24.2 Å². The van der Waals surface area contributed by atoms with Crippen LogP contribution in [0.25, 0.3) is 0 Å². The fourth-order valence-corrected chi connectivity index (χ4v) is 8.21. The number of hydrogen-bond donors (Lipinski definition) is 1. The predicted molar refractivity (Wildman–Crippen MR) is 104 cm³/mol. The lowest BCUT2D eigenvalue weighted by Crippen LogP contribution is -2.54. The maximum absolute atomic E-state index is 12.0. The van der Waals surface area contributed by atoms with E-state index < -0.39 is 5.60 Å². The fourth-order valence-electron chi connectivity index (χ4n) is 8.21. The van der Waals surface area contributed by atoms with Gasteiger partial charge in [-0.25, -0.2) is 0 Å². The highest BCUT2D eigenvalue weighted by Gasteiger charge is 2.71. The van der Waals surface area contributed by atoms with Crippen LogP contribution in [0, 0.1) is 34.5 Å². The number of hydrogen-bond acceptors (Lipinski definition) is 5. The molecular formula is C23H36O5. The van der Waals surface area contributed by atoms with E-state index in [0.717, 1.165) is 38.5 Å². The molecule has 5 nitrogen and oxygen atoms in total. The molecule has 0 bridgehead atoms. The average molecular weight is 393 g/mol. The highest BCUT2D eigenvalue weighted by atomic mass is 16.5. The number of esters is 2. The Morgan fingerprint density at radius 3 is 2.25 bits per heavy atom. The van der Waals surface area contributed by atoms with Crippen LogP contribution in [0.4, 0.5) is 0 Å². The summed E-state index contributed by atoms with van der Waals surface area (Å²) < 4.78 is 11.3. The van der Waals surface area contributed by atoms with Gasteiger partial charge in [-0.15, -0.1) is 0 Å². The minimum Gasteiger partial charge on any atom is -0.462 e. The molecule has 28 heavy (non-hydrogen) atoms. The molecule has 0 heterocycles. The largest absolute Gasteiger partial charge is 0.462 e. The minimum atomic E-state index is -0.800. The maximum Gasteiger partial charge on any atom is 0.302 e. The second-order valence-corrected chi connectivity index (χ2v) is 10.6. The van der Waals surface area contributed by atoms with Crippen LogP contribution in [-0.2, 0) is 19.1 Å². The number of carbonyl (C=O) groups is 2. The van der Waals surface area contributed by atoms with Gasteiger partial charge in [0, 0.05) is 25.7 Å². The highest BCUT2D eigenvalue weighted by molar-refractivity contribution is 5.66. The third-order valence-electron chi connectivity index (χ3n) is 9.55. The Kier molecular flexibility index (Phi) is 4.65. The van der Waals surface area contributed by atoms with Gasteiger partial charge in [-0.1, -0.05) is 20.8 Å². The first-order valence-electron chi connectivity index (χ1n) is 11.1. The molecule has 0 amide bonds. The molecule has 4 saturated carbocycles. The summed E-state index contributed by atoms with van der Waals surface area (Å²) in [6, 6.07) is 0. The molecule has 0 unspecified atom stereocenters. The molecule has 4 fully saturated rings. The molecule has 158 valence electrons. The summed E-state index contributed by atoms with van der Waals surface area (Å²) >= 11 is 0. The van der Waals surface area contributed by atoms with E-state index in [2.05, 4.69) is 20.8 Å². The first kappa shape index (κ1) is 20.2. The van der Waals surface area contributed by atoms with Gasteiger partial charge in [0.05, 0.1) is 5.60 Å². The molecule has 0 aromatic carbocycles. The van der Waals surface area contributed by atoms with Crippen molar-refractivity contribution in [3.63, 3.8) is 0 Å². The van der Waals surface area contributed by atoms with Gasteiger partial charge in [-0.05, 0) is 67.6 Å². The summed E-state index contributed by atoms with van der Waals surface area (Å²) in [5.41, 5.74) is -0.920. The maximum atomic E-state index is 12.0. The monoisotopic (exact) mass is 392 g/mol. The third-order valence-corrected chi connectivity index (χ3v) is 9.55. The lowest BCUT2D eigenvalue weighted by molar-refractivity contribution is -0.173. The molecule has 9 atom stereocenters. The summed E-state index contributed by atoms with van der Waals surface area (Å²) in [7, 11) is 0. The highest BCUT2D eigenvalue weighted by Crippen LogP contribution is 2.71. The van der Waals surface area contributed by atoms with Crippen molar-refractivity contribution in [1.29, 1.82) is 0 Å². The zero-order chi connectivity index (χ0) is 20.5. The lowest BCUT2D eigenvalue weighted by Gasteiger charge is -2.52. The van der Waals surface area contributed by atoms with Gasteiger partial charge in [0.1, 0.15) is 12.2 Å². The Bertz CT molecular complexity index is 676. The van der Waals surface area contributed by atoms with E-state index in [1.807, 2.05) is 0 Å². The molecular weight excluding hydrogens is 356 g/mol. The number of ether oxygens (including phenoxy) is 2. The zero-order valence-electron chi connectivity index (χ0n) is 18.0. The van der Waals surface area contributed by atoms with E-state index >= 15 is 0 Å². The van der Waals surface area contributed by atoms with Crippen LogP contribution in [0.1, 0.15) is 79.6 Å². The smallest absolute Gasteiger partial charge is 0.302 e. The topological polar surface area (TPSA) is 72.8 Å². The Labute approximate surface area is 168 Å². The van der Waals surface area contributed by atoms with Gasteiger partial charge in [-0.2, -0.15) is 0 Å². The molecule has 0 spiro atoms. The van der Waals surface area contributed by atoms with Gasteiger partial charge in [0.15, 0.2) is 0 Å². The summed E-state index contributed by atoms with van der Waals surface area (Å²) in [4.78, 5) is 23.1. The Hall–Kier alpha value is -1.10. The molecule has 0 saturated heterocycles. The molecule has 0 radical (unpaired) electrons. The minimum absolute atomic E-state index is 0.00187.